The number of aliphatic carboxylic acids is 1. The van der Waals surface area contributed by atoms with Crippen LogP contribution in [0.1, 0.15) is 13.8 Å². The van der Waals surface area contributed by atoms with Crippen LogP contribution in [0.5, 0.6) is 0 Å². The van der Waals surface area contributed by atoms with Gasteiger partial charge in [0.15, 0.2) is 0 Å². The molecule has 1 atom stereocenters. The smallest absolute Gasteiger partial charge is 0.306 e. The van der Waals surface area contributed by atoms with Crippen LogP contribution in [0.3, 0.4) is 0 Å². The SMILES string of the molecule is C.CO[C@H](CC(=O)O)C[N+](C)(C)C. The normalized spacial score (nSPS) is 13.2. The van der Waals surface area contributed by atoms with E-state index in [0.29, 0.717) is 11.0 Å². The number of carboxylic acids is 1. The predicted molar refractivity (Wildman–Crippen MR) is 52.7 cm³/mol. The molecule has 0 aromatic rings. The predicted octanol–water partition coefficient (Wildman–Crippen LogP) is 0.818. The van der Waals surface area contributed by atoms with Crippen LogP contribution in [0, 0.1) is 0 Å². The van der Waals surface area contributed by atoms with Crippen LogP contribution >= 0.6 is 0 Å². The molecule has 0 aliphatic heterocycles. The highest BCUT2D eigenvalue weighted by Gasteiger charge is 2.19. The molecule has 0 radical (unpaired) electrons. The van der Waals surface area contributed by atoms with Crippen LogP contribution in [0.2, 0.25) is 0 Å². The van der Waals surface area contributed by atoms with E-state index < -0.39 is 5.97 Å². The summed E-state index contributed by atoms with van der Waals surface area (Å²) in [7, 11) is 7.57. The monoisotopic (exact) mass is 192 g/mol. The molecule has 1 N–H and O–H groups in total. The van der Waals surface area contributed by atoms with Gasteiger partial charge >= 0.3 is 5.97 Å². The summed E-state index contributed by atoms with van der Waals surface area (Å²) in [5.41, 5.74) is 0. The second-order valence-corrected chi connectivity index (χ2v) is 3.93. The summed E-state index contributed by atoms with van der Waals surface area (Å²) in [5, 5.41) is 8.52. The zero-order valence-electron chi connectivity index (χ0n) is 8.20. The van der Waals surface area contributed by atoms with E-state index in [1.165, 1.54) is 0 Å². The molecule has 4 nitrogen and oxygen atoms in total. The maximum Gasteiger partial charge on any atom is 0.306 e. The molecule has 0 bridgehead atoms. The van der Waals surface area contributed by atoms with E-state index in [9.17, 15) is 4.79 Å². The number of carboxylic acid groups (broad SMARTS) is 1. The average Bonchev–Trinajstić information content (AvgIpc) is 1.82. The molecule has 0 aromatic carbocycles. The molecule has 0 fully saturated rings. The van der Waals surface area contributed by atoms with Gasteiger partial charge < -0.3 is 14.3 Å². The number of carbonyl (C=O) groups is 1. The van der Waals surface area contributed by atoms with Crippen LogP contribution in [-0.2, 0) is 9.53 Å². The molecule has 0 saturated carbocycles. The lowest BCUT2D eigenvalue weighted by atomic mass is 10.2. The lowest BCUT2D eigenvalue weighted by Crippen LogP contribution is -2.42. The lowest BCUT2D eigenvalue weighted by Gasteiger charge is -2.27. The summed E-state index contributed by atoms with van der Waals surface area (Å²) in [4.78, 5) is 10.4. The molecular weight excluding hydrogens is 170 g/mol. The van der Waals surface area contributed by atoms with Crippen molar-refractivity contribution < 1.29 is 19.1 Å². The van der Waals surface area contributed by atoms with Gasteiger partial charge in [0.25, 0.3) is 0 Å². The fourth-order valence-corrected chi connectivity index (χ4v) is 1.03. The average molecular weight is 192 g/mol. The summed E-state index contributed by atoms with van der Waals surface area (Å²) < 4.78 is 5.75. The fraction of sp³-hybridized carbons (Fsp3) is 0.889. The second-order valence-electron chi connectivity index (χ2n) is 3.93. The summed E-state index contributed by atoms with van der Waals surface area (Å²) in [6.07, 6.45) is -0.117. The van der Waals surface area contributed by atoms with Gasteiger partial charge in [0.1, 0.15) is 12.6 Å². The number of nitrogens with zero attached hydrogens (tertiary/aromatic N) is 1. The van der Waals surface area contributed by atoms with E-state index >= 15 is 0 Å². The molecule has 0 aromatic heterocycles. The first kappa shape index (κ1) is 14.9. The van der Waals surface area contributed by atoms with Gasteiger partial charge in [0.05, 0.1) is 27.6 Å². The van der Waals surface area contributed by atoms with Gasteiger partial charge in [-0.15, -0.1) is 0 Å². The van der Waals surface area contributed by atoms with Crippen LogP contribution < -0.4 is 0 Å². The number of hydrogen-bond donors (Lipinski definition) is 1. The van der Waals surface area contributed by atoms with Crippen molar-refractivity contribution in [3.05, 3.63) is 0 Å². The van der Waals surface area contributed by atoms with E-state index in [2.05, 4.69) is 0 Å². The molecule has 0 heterocycles. The van der Waals surface area contributed by atoms with Gasteiger partial charge in [-0.1, -0.05) is 7.43 Å². The van der Waals surface area contributed by atoms with Crippen molar-refractivity contribution in [2.75, 3.05) is 34.8 Å². The van der Waals surface area contributed by atoms with Gasteiger partial charge in [-0.25, -0.2) is 0 Å². The molecule has 80 valence electrons. The summed E-state index contributed by atoms with van der Waals surface area (Å²) in [5.74, 6) is -0.810. The van der Waals surface area contributed by atoms with Crippen molar-refractivity contribution in [1.29, 1.82) is 0 Å². The number of quaternary nitrogens is 1. The van der Waals surface area contributed by atoms with Crippen molar-refractivity contribution in [2.45, 2.75) is 20.0 Å². The molecule has 0 saturated heterocycles. The van der Waals surface area contributed by atoms with E-state index in [4.69, 9.17) is 9.84 Å². The molecule has 0 aliphatic rings. The highest BCUT2D eigenvalue weighted by atomic mass is 16.5. The summed E-state index contributed by atoms with van der Waals surface area (Å²) >= 11 is 0. The fourth-order valence-electron chi connectivity index (χ4n) is 1.03. The third-order valence-corrected chi connectivity index (χ3v) is 1.49. The summed E-state index contributed by atoms with van der Waals surface area (Å²) in [6, 6.07) is 0. The molecule has 0 amide bonds. The number of hydrogen-bond acceptors (Lipinski definition) is 2. The van der Waals surface area contributed by atoms with Crippen molar-refractivity contribution in [1.82, 2.24) is 0 Å². The van der Waals surface area contributed by atoms with E-state index in [-0.39, 0.29) is 20.0 Å². The van der Waals surface area contributed by atoms with Crippen molar-refractivity contribution in [2.24, 2.45) is 0 Å². The highest BCUT2D eigenvalue weighted by molar-refractivity contribution is 5.67. The first-order valence-corrected chi connectivity index (χ1v) is 3.90. The molecule has 0 unspecified atom stereocenters. The minimum Gasteiger partial charge on any atom is -0.481 e. The minimum absolute atomic E-state index is 0. The molecule has 0 aliphatic carbocycles. The lowest BCUT2D eigenvalue weighted by molar-refractivity contribution is -0.873. The van der Waals surface area contributed by atoms with Crippen LogP contribution in [0.15, 0.2) is 0 Å². The third kappa shape index (κ3) is 9.30. The highest BCUT2D eigenvalue weighted by Crippen LogP contribution is 2.02. The molecule has 13 heavy (non-hydrogen) atoms. The zero-order chi connectivity index (χ0) is 9.78. The second kappa shape index (κ2) is 5.94. The van der Waals surface area contributed by atoms with Crippen molar-refractivity contribution >= 4 is 5.97 Å². The maximum atomic E-state index is 10.4. The Labute approximate surface area is 80.7 Å². The Bertz CT molecular complexity index is 151. The van der Waals surface area contributed by atoms with E-state index in [1.807, 2.05) is 21.1 Å². The first-order chi connectivity index (χ1) is 5.35. The Balaban J connectivity index is 0. The Morgan fingerprint density at radius 1 is 1.46 bits per heavy atom. The number of methoxy groups -OCH3 is 1. The quantitative estimate of drug-likeness (QED) is 0.656. The number of ether oxygens (including phenoxy) is 1. The van der Waals surface area contributed by atoms with E-state index in [1.54, 1.807) is 7.11 Å². The van der Waals surface area contributed by atoms with Gasteiger partial charge in [0, 0.05) is 7.11 Å². The van der Waals surface area contributed by atoms with Gasteiger partial charge in [-0.3, -0.25) is 4.79 Å². The molecular formula is C9H22NO3+. The van der Waals surface area contributed by atoms with Crippen LogP contribution in [-0.4, -0.2) is 56.5 Å². The summed E-state index contributed by atoms with van der Waals surface area (Å²) in [6.45, 7) is 0.711. The Hall–Kier alpha value is -0.610. The van der Waals surface area contributed by atoms with Gasteiger partial charge in [-0.05, 0) is 0 Å². The van der Waals surface area contributed by atoms with Gasteiger partial charge in [-0.2, -0.15) is 0 Å². The van der Waals surface area contributed by atoms with Crippen LogP contribution in [0.4, 0.5) is 0 Å². The molecule has 4 heteroatoms. The van der Waals surface area contributed by atoms with E-state index in [0.717, 1.165) is 0 Å². The maximum absolute atomic E-state index is 10.4. The topological polar surface area (TPSA) is 46.5 Å². The Morgan fingerprint density at radius 3 is 2.15 bits per heavy atom. The zero-order valence-corrected chi connectivity index (χ0v) is 8.20. The van der Waals surface area contributed by atoms with Crippen molar-refractivity contribution in [3.63, 3.8) is 0 Å². The van der Waals surface area contributed by atoms with Gasteiger partial charge in [0.2, 0.25) is 0 Å². The molecule has 0 spiro atoms. The first-order valence-electron chi connectivity index (χ1n) is 3.90. The number of rotatable bonds is 5. The minimum atomic E-state index is -0.810. The Morgan fingerprint density at radius 2 is 1.92 bits per heavy atom. The standard InChI is InChI=1S/C8H17NO3.CH4/c1-9(2,3)6-7(12-4)5-8(10)11;/h7H,5-6H2,1-4H3;1H4/p+1/t7-;/m1./s1. The van der Waals surface area contributed by atoms with Crippen LogP contribution in [0.25, 0.3) is 0 Å². The number of likely N-dealkylation sites (N-methyl/N-ethyl adjacent to an activating group) is 1. The molecule has 0 rings (SSSR count). The largest absolute Gasteiger partial charge is 0.481 e. The van der Waals surface area contributed by atoms with Crippen molar-refractivity contribution in [3.8, 4) is 0 Å². The Kier molecular flexibility index (Phi) is 6.80. The third-order valence-electron chi connectivity index (χ3n) is 1.49.